The zero-order valence-electron chi connectivity index (χ0n) is 9.60. The Labute approximate surface area is 102 Å². The van der Waals surface area contributed by atoms with Gasteiger partial charge in [0, 0.05) is 12.1 Å². The molecule has 1 atom stereocenters. The van der Waals surface area contributed by atoms with E-state index in [1.165, 1.54) is 0 Å². The second-order valence-corrected chi connectivity index (χ2v) is 4.24. The summed E-state index contributed by atoms with van der Waals surface area (Å²) in [6.45, 7) is 0.721. The summed E-state index contributed by atoms with van der Waals surface area (Å²) in [5.41, 5.74) is -0.341. The van der Waals surface area contributed by atoms with Crippen molar-refractivity contribution in [3.8, 4) is 0 Å². The maximum Gasteiger partial charge on any atom is 0.241 e. The van der Waals surface area contributed by atoms with Crippen LogP contribution in [-0.2, 0) is 4.79 Å². The Balaban J connectivity index is 2.08. The molecule has 1 aromatic carbocycles. The molecule has 1 heterocycles. The molecule has 0 spiro atoms. The molecular formula is C12H13F3N2O. The summed E-state index contributed by atoms with van der Waals surface area (Å²) in [6.07, 6.45) is 2.55. The molecule has 1 aromatic rings. The first-order chi connectivity index (χ1) is 8.58. The molecule has 98 valence electrons. The highest BCUT2D eigenvalue weighted by Gasteiger charge is 2.22. The maximum atomic E-state index is 13.3. The molecule has 1 saturated heterocycles. The van der Waals surface area contributed by atoms with Gasteiger partial charge < -0.3 is 10.6 Å². The van der Waals surface area contributed by atoms with Crippen molar-refractivity contribution in [1.82, 2.24) is 5.32 Å². The number of carbonyl (C=O) groups is 1. The van der Waals surface area contributed by atoms with Gasteiger partial charge in [-0.15, -0.1) is 0 Å². The van der Waals surface area contributed by atoms with Crippen molar-refractivity contribution in [2.75, 3.05) is 11.9 Å². The summed E-state index contributed by atoms with van der Waals surface area (Å²) in [6, 6.07) is 0.649. The number of carbonyl (C=O) groups excluding carboxylic acids is 1. The van der Waals surface area contributed by atoms with Gasteiger partial charge in [-0.2, -0.15) is 0 Å². The molecule has 2 rings (SSSR count). The van der Waals surface area contributed by atoms with Gasteiger partial charge in [-0.25, -0.2) is 13.2 Å². The van der Waals surface area contributed by atoms with Crippen molar-refractivity contribution in [2.45, 2.75) is 25.3 Å². The third-order valence-corrected chi connectivity index (χ3v) is 2.89. The Morgan fingerprint density at radius 1 is 1.17 bits per heavy atom. The van der Waals surface area contributed by atoms with Crippen LogP contribution in [0.5, 0.6) is 0 Å². The van der Waals surface area contributed by atoms with Crippen LogP contribution in [0.3, 0.4) is 0 Å². The van der Waals surface area contributed by atoms with E-state index in [-0.39, 0.29) is 5.69 Å². The van der Waals surface area contributed by atoms with E-state index in [1.807, 2.05) is 0 Å². The molecule has 1 amide bonds. The minimum atomic E-state index is -1.28. The smallest absolute Gasteiger partial charge is 0.241 e. The second-order valence-electron chi connectivity index (χ2n) is 4.24. The molecule has 18 heavy (non-hydrogen) atoms. The molecule has 0 unspecified atom stereocenters. The van der Waals surface area contributed by atoms with Crippen LogP contribution in [0.4, 0.5) is 18.9 Å². The highest BCUT2D eigenvalue weighted by atomic mass is 19.2. The second kappa shape index (κ2) is 5.39. The monoisotopic (exact) mass is 258 g/mol. The lowest BCUT2D eigenvalue weighted by molar-refractivity contribution is -0.118. The Hall–Kier alpha value is -1.56. The first-order valence-electron chi connectivity index (χ1n) is 5.76. The average molecular weight is 258 g/mol. The first-order valence-corrected chi connectivity index (χ1v) is 5.76. The number of piperidine rings is 1. The molecular weight excluding hydrogens is 245 g/mol. The van der Waals surface area contributed by atoms with Gasteiger partial charge in [-0.3, -0.25) is 4.79 Å². The number of rotatable bonds is 2. The van der Waals surface area contributed by atoms with Gasteiger partial charge >= 0.3 is 0 Å². The minimum absolute atomic E-state index is 0.341. The van der Waals surface area contributed by atoms with Gasteiger partial charge in [0.05, 0.1) is 11.7 Å². The number of hydrogen-bond acceptors (Lipinski definition) is 2. The molecule has 0 aromatic heterocycles. The Morgan fingerprint density at radius 2 is 1.89 bits per heavy atom. The number of nitrogens with one attached hydrogen (secondary N) is 2. The number of amides is 1. The standard InChI is InChI=1S/C12H13F3N2O/c13-7-5-9(15)11(6-8(7)14)17-12(18)10-3-1-2-4-16-10/h5-6,10,16H,1-4H2,(H,17,18)/t10-/m0/s1. The van der Waals surface area contributed by atoms with E-state index in [0.29, 0.717) is 18.6 Å². The van der Waals surface area contributed by atoms with E-state index in [9.17, 15) is 18.0 Å². The highest BCUT2D eigenvalue weighted by molar-refractivity contribution is 5.95. The fourth-order valence-electron chi connectivity index (χ4n) is 1.91. The molecule has 1 aliphatic rings. The lowest BCUT2D eigenvalue weighted by Crippen LogP contribution is -2.43. The third-order valence-electron chi connectivity index (χ3n) is 2.89. The molecule has 6 heteroatoms. The predicted octanol–water partition coefficient (Wildman–Crippen LogP) is 2.18. The zero-order valence-corrected chi connectivity index (χ0v) is 9.60. The zero-order chi connectivity index (χ0) is 13.1. The summed E-state index contributed by atoms with van der Waals surface area (Å²) in [5, 5.41) is 5.25. The number of halogens is 3. The van der Waals surface area contributed by atoms with Gasteiger partial charge in [-0.05, 0) is 19.4 Å². The van der Waals surface area contributed by atoms with Crippen LogP contribution in [-0.4, -0.2) is 18.5 Å². The van der Waals surface area contributed by atoms with Crippen molar-refractivity contribution in [3.05, 3.63) is 29.6 Å². The van der Waals surface area contributed by atoms with Gasteiger partial charge in [0.25, 0.3) is 0 Å². The van der Waals surface area contributed by atoms with E-state index in [1.54, 1.807) is 0 Å². The van der Waals surface area contributed by atoms with Gasteiger partial charge in [0.1, 0.15) is 5.82 Å². The molecule has 0 saturated carbocycles. The molecule has 0 aliphatic carbocycles. The van der Waals surface area contributed by atoms with Crippen LogP contribution in [0.1, 0.15) is 19.3 Å². The van der Waals surface area contributed by atoms with Gasteiger partial charge in [0.15, 0.2) is 11.6 Å². The van der Waals surface area contributed by atoms with Crippen molar-refractivity contribution in [2.24, 2.45) is 0 Å². The summed E-state index contributed by atoms with van der Waals surface area (Å²) in [5.74, 6) is -3.89. The third kappa shape index (κ3) is 2.81. The number of anilines is 1. The summed E-state index contributed by atoms with van der Waals surface area (Å²) < 4.78 is 39.0. The largest absolute Gasteiger partial charge is 0.322 e. The quantitative estimate of drug-likeness (QED) is 0.798. The van der Waals surface area contributed by atoms with Crippen LogP contribution in [0.15, 0.2) is 12.1 Å². The van der Waals surface area contributed by atoms with Crippen LogP contribution in [0.2, 0.25) is 0 Å². The Morgan fingerprint density at radius 3 is 2.56 bits per heavy atom. The summed E-state index contributed by atoms with van der Waals surface area (Å²) in [4.78, 5) is 11.8. The van der Waals surface area contributed by atoms with Crippen LogP contribution >= 0.6 is 0 Å². The summed E-state index contributed by atoms with van der Waals surface area (Å²) in [7, 11) is 0. The topological polar surface area (TPSA) is 41.1 Å². The SMILES string of the molecule is O=C(Nc1cc(F)c(F)cc1F)[C@@H]1CCCCN1. The fourth-order valence-corrected chi connectivity index (χ4v) is 1.91. The maximum absolute atomic E-state index is 13.3. The van der Waals surface area contributed by atoms with E-state index in [4.69, 9.17) is 0 Å². The predicted molar refractivity (Wildman–Crippen MR) is 60.6 cm³/mol. The van der Waals surface area contributed by atoms with E-state index in [2.05, 4.69) is 10.6 Å². The van der Waals surface area contributed by atoms with Gasteiger partial charge in [-0.1, -0.05) is 6.42 Å². The molecule has 1 fully saturated rings. The van der Waals surface area contributed by atoms with Crippen molar-refractivity contribution < 1.29 is 18.0 Å². The molecule has 1 aliphatic heterocycles. The average Bonchev–Trinajstić information content (AvgIpc) is 2.37. The number of benzene rings is 1. The Bertz CT molecular complexity index is 459. The van der Waals surface area contributed by atoms with Crippen molar-refractivity contribution >= 4 is 11.6 Å². The number of hydrogen-bond donors (Lipinski definition) is 2. The Kier molecular flexibility index (Phi) is 3.86. The van der Waals surface area contributed by atoms with Crippen LogP contribution in [0.25, 0.3) is 0 Å². The van der Waals surface area contributed by atoms with Crippen LogP contribution < -0.4 is 10.6 Å². The van der Waals surface area contributed by atoms with E-state index >= 15 is 0 Å². The lowest BCUT2D eigenvalue weighted by atomic mass is 10.0. The molecule has 0 radical (unpaired) electrons. The minimum Gasteiger partial charge on any atom is -0.322 e. The highest BCUT2D eigenvalue weighted by Crippen LogP contribution is 2.19. The normalized spacial score (nSPS) is 19.6. The van der Waals surface area contributed by atoms with Crippen molar-refractivity contribution in [1.29, 1.82) is 0 Å². The van der Waals surface area contributed by atoms with Crippen molar-refractivity contribution in [3.63, 3.8) is 0 Å². The van der Waals surface area contributed by atoms with Crippen LogP contribution in [0, 0.1) is 17.5 Å². The molecule has 0 bridgehead atoms. The van der Waals surface area contributed by atoms with E-state index < -0.39 is 29.4 Å². The lowest BCUT2D eigenvalue weighted by Gasteiger charge is -2.22. The van der Waals surface area contributed by atoms with Gasteiger partial charge in [0.2, 0.25) is 5.91 Å². The molecule has 3 nitrogen and oxygen atoms in total. The summed E-state index contributed by atoms with van der Waals surface area (Å²) >= 11 is 0. The molecule has 2 N–H and O–H groups in total. The van der Waals surface area contributed by atoms with E-state index in [0.717, 1.165) is 19.4 Å². The first kappa shape index (κ1) is 12.9. The fraction of sp³-hybridized carbons (Fsp3) is 0.417.